The van der Waals surface area contributed by atoms with Gasteiger partial charge >= 0.3 is 0 Å². The number of rotatable bonds is 7. The maximum atomic E-state index is 12.7. The third-order valence-corrected chi connectivity index (χ3v) is 5.80. The van der Waals surface area contributed by atoms with Gasteiger partial charge in [-0.3, -0.25) is 9.59 Å². The Balaban J connectivity index is 1.22. The maximum Gasteiger partial charge on any atom is 0.291 e. The molecule has 0 spiro atoms. The highest BCUT2D eigenvalue weighted by Crippen LogP contribution is 2.38. The number of anilines is 2. The van der Waals surface area contributed by atoms with E-state index in [9.17, 15) is 9.59 Å². The Labute approximate surface area is 203 Å². The van der Waals surface area contributed by atoms with Gasteiger partial charge < -0.3 is 24.5 Å². The number of nitrogens with one attached hydrogen (secondary N) is 2. The third-order valence-electron chi connectivity index (χ3n) is 5.80. The second-order valence-electron chi connectivity index (χ2n) is 8.55. The summed E-state index contributed by atoms with van der Waals surface area (Å²) in [5.41, 5.74) is 3.77. The highest BCUT2D eigenvalue weighted by atomic mass is 16.5. The van der Waals surface area contributed by atoms with Crippen molar-refractivity contribution >= 4 is 34.2 Å². The second kappa shape index (κ2) is 9.54. The fraction of sp³-hybridized carbons (Fsp3) is 0.214. The van der Waals surface area contributed by atoms with Crippen molar-refractivity contribution in [3.63, 3.8) is 0 Å². The van der Waals surface area contributed by atoms with Gasteiger partial charge in [0.1, 0.15) is 23.2 Å². The predicted molar refractivity (Wildman–Crippen MR) is 134 cm³/mol. The highest BCUT2D eigenvalue weighted by Gasteiger charge is 2.22. The van der Waals surface area contributed by atoms with Crippen LogP contribution in [0.4, 0.5) is 11.4 Å². The molecule has 0 saturated carbocycles. The molecule has 2 N–H and O–H groups in total. The van der Waals surface area contributed by atoms with Crippen molar-refractivity contribution in [2.45, 2.75) is 32.8 Å². The van der Waals surface area contributed by atoms with Crippen LogP contribution in [0.15, 0.2) is 71.1 Å². The van der Waals surface area contributed by atoms with Gasteiger partial charge in [-0.15, -0.1) is 0 Å². The first kappa shape index (κ1) is 22.5. The Kier molecular flexibility index (Phi) is 6.14. The van der Waals surface area contributed by atoms with Gasteiger partial charge in [-0.1, -0.05) is 30.3 Å². The number of hydrogen-bond donors (Lipinski definition) is 2. The SMILES string of the molecule is CCOc1cc2c(cc1NC(=O)Cc1ccc(NC(=O)c3cc4ccccc4o3)cc1)OC(C)C2. The van der Waals surface area contributed by atoms with Crippen LogP contribution in [0.5, 0.6) is 11.5 Å². The largest absolute Gasteiger partial charge is 0.492 e. The van der Waals surface area contributed by atoms with Gasteiger partial charge in [0.15, 0.2) is 5.76 Å². The molecule has 1 aromatic heterocycles. The summed E-state index contributed by atoms with van der Waals surface area (Å²) in [6.07, 6.45) is 1.11. The van der Waals surface area contributed by atoms with Crippen LogP contribution in [0.1, 0.15) is 35.5 Å². The topological polar surface area (TPSA) is 89.8 Å². The fourth-order valence-electron chi connectivity index (χ4n) is 4.18. The molecule has 4 aromatic rings. The molecule has 0 bridgehead atoms. The van der Waals surface area contributed by atoms with E-state index < -0.39 is 0 Å². The van der Waals surface area contributed by atoms with Gasteiger partial charge in [0.2, 0.25) is 5.91 Å². The number of furan rings is 1. The molecule has 1 aliphatic rings. The molecule has 3 aromatic carbocycles. The minimum absolute atomic E-state index is 0.108. The number of carbonyl (C=O) groups excluding carboxylic acids is 2. The van der Waals surface area contributed by atoms with E-state index in [1.165, 1.54) is 0 Å². The molecular weight excluding hydrogens is 444 g/mol. The van der Waals surface area contributed by atoms with E-state index in [1.54, 1.807) is 18.2 Å². The first-order valence-electron chi connectivity index (χ1n) is 11.6. The van der Waals surface area contributed by atoms with Crippen LogP contribution in [0.2, 0.25) is 0 Å². The van der Waals surface area contributed by atoms with Crippen molar-refractivity contribution in [2.24, 2.45) is 0 Å². The molecular formula is C28H26N2O5. The lowest BCUT2D eigenvalue weighted by Crippen LogP contribution is -2.15. The molecule has 2 amide bonds. The summed E-state index contributed by atoms with van der Waals surface area (Å²) in [5.74, 6) is 1.16. The molecule has 178 valence electrons. The number of benzene rings is 3. The van der Waals surface area contributed by atoms with Gasteiger partial charge in [0.05, 0.1) is 18.7 Å². The Morgan fingerprint density at radius 2 is 1.83 bits per heavy atom. The number of amides is 2. The van der Waals surface area contributed by atoms with Gasteiger partial charge in [-0.25, -0.2) is 0 Å². The molecule has 0 saturated heterocycles. The van der Waals surface area contributed by atoms with E-state index in [-0.39, 0.29) is 30.1 Å². The zero-order chi connectivity index (χ0) is 24.4. The minimum atomic E-state index is -0.330. The van der Waals surface area contributed by atoms with Crippen LogP contribution in [0, 0.1) is 0 Å². The highest BCUT2D eigenvalue weighted by molar-refractivity contribution is 6.04. The molecule has 5 rings (SSSR count). The minimum Gasteiger partial charge on any atom is -0.492 e. The van der Waals surface area contributed by atoms with Gasteiger partial charge in [0.25, 0.3) is 5.91 Å². The predicted octanol–water partition coefficient (Wildman–Crippen LogP) is 5.59. The average Bonchev–Trinajstić information content (AvgIpc) is 3.43. The zero-order valence-corrected chi connectivity index (χ0v) is 19.6. The lowest BCUT2D eigenvalue weighted by molar-refractivity contribution is -0.115. The monoisotopic (exact) mass is 470 g/mol. The number of para-hydroxylation sites is 1. The first-order valence-corrected chi connectivity index (χ1v) is 11.6. The van der Waals surface area contributed by atoms with E-state index in [4.69, 9.17) is 13.9 Å². The average molecular weight is 471 g/mol. The summed E-state index contributed by atoms with van der Waals surface area (Å²) in [6, 6.07) is 20.1. The summed E-state index contributed by atoms with van der Waals surface area (Å²) < 4.78 is 17.2. The van der Waals surface area contributed by atoms with Crippen LogP contribution in [-0.4, -0.2) is 24.5 Å². The number of fused-ring (bicyclic) bond motifs is 2. The third kappa shape index (κ3) is 4.99. The van der Waals surface area contributed by atoms with Gasteiger partial charge in [-0.2, -0.15) is 0 Å². The van der Waals surface area contributed by atoms with Crippen LogP contribution >= 0.6 is 0 Å². The molecule has 0 aliphatic carbocycles. The molecule has 1 unspecified atom stereocenters. The molecule has 2 heterocycles. The maximum absolute atomic E-state index is 12.7. The van der Waals surface area contributed by atoms with Crippen LogP contribution in [0.3, 0.4) is 0 Å². The van der Waals surface area contributed by atoms with Crippen LogP contribution in [0.25, 0.3) is 11.0 Å². The standard InChI is InChI=1S/C28H26N2O5/c1-3-33-25-15-20-12-17(2)34-24(20)16-22(25)30-27(31)13-18-8-10-21(11-9-18)29-28(32)26-14-19-6-4-5-7-23(19)35-26/h4-11,14-17H,3,12-13H2,1-2H3,(H,29,32)(H,30,31). The molecule has 0 fully saturated rings. The van der Waals surface area contributed by atoms with Crippen molar-refractivity contribution < 1.29 is 23.5 Å². The van der Waals surface area contributed by atoms with Crippen molar-refractivity contribution in [3.8, 4) is 11.5 Å². The van der Waals surface area contributed by atoms with Crippen LogP contribution in [-0.2, 0) is 17.6 Å². The lowest BCUT2D eigenvalue weighted by Gasteiger charge is -2.14. The summed E-state index contributed by atoms with van der Waals surface area (Å²) in [6.45, 7) is 4.42. The van der Waals surface area contributed by atoms with Crippen LogP contribution < -0.4 is 20.1 Å². The summed E-state index contributed by atoms with van der Waals surface area (Å²) in [7, 11) is 0. The van der Waals surface area contributed by atoms with Gasteiger partial charge in [-0.05, 0) is 49.7 Å². The summed E-state index contributed by atoms with van der Waals surface area (Å²) in [4.78, 5) is 25.3. The Bertz CT molecular complexity index is 1360. The first-order chi connectivity index (χ1) is 17.0. The number of hydrogen-bond acceptors (Lipinski definition) is 5. The van der Waals surface area contributed by atoms with E-state index >= 15 is 0 Å². The normalized spacial score (nSPS) is 14.3. The Morgan fingerprint density at radius 3 is 2.60 bits per heavy atom. The molecule has 1 aliphatic heterocycles. The van der Waals surface area contributed by atoms with E-state index in [0.717, 1.165) is 28.7 Å². The number of carbonyl (C=O) groups is 2. The lowest BCUT2D eigenvalue weighted by atomic mass is 10.1. The van der Waals surface area contributed by atoms with Gasteiger partial charge in [0, 0.05) is 29.1 Å². The smallest absolute Gasteiger partial charge is 0.291 e. The fourth-order valence-corrected chi connectivity index (χ4v) is 4.18. The summed E-state index contributed by atoms with van der Waals surface area (Å²) in [5, 5.41) is 6.64. The second-order valence-corrected chi connectivity index (χ2v) is 8.55. The Morgan fingerprint density at radius 1 is 1.03 bits per heavy atom. The van der Waals surface area contributed by atoms with Crippen molar-refractivity contribution in [3.05, 3.63) is 83.6 Å². The van der Waals surface area contributed by atoms with E-state index in [2.05, 4.69) is 10.6 Å². The summed E-state index contributed by atoms with van der Waals surface area (Å²) >= 11 is 0. The molecule has 7 heteroatoms. The Hall–Kier alpha value is -4.26. The number of ether oxygens (including phenoxy) is 2. The molecule has 1 atom stereocenters. The van der Waals surface area contributed by atoms with E-state index in [1.807, 2.05) is 62.4 Å². The quantitative estimate of drug-likeness (QED) is 0.368. The molecule has 0 radical (unpaired) electrons. The zero-order valence-electron chi connectivity index (χ0n) is 19.6. The molecule has 35 heavy (non-hydrogen) atoms. The van der Waals surface area contributed by atoms with E-state index in [0.29, 0.717) is 29.3 Å². The van der Waals surface area contributed by atoms with Crippen molar-refractivity contribution in [1.29, 1.82) is 0 Å². The van der Waals surface area contributed by atoms with Crippen molar-refractivity contribution in [1.82, 2.24) is 0 Å². The van der Waals surface area contributed by atoms with Crippen molar-refractivity contribution in [2.75, 3.05) is 17.2 Å². The molecule has 7 nitrogen and oxygen atoms in total.